The first kappa shape index (κ1) is 35.6. The van der Waals surface area contributed by atoms with Crippen molar-refractivity contribution in [1.29, 1.82) is 0 Å². The summed E-state index contributed by atoms with van der Waals surface area (Å²) in [6, 6.07) is 17.0. The minimum atomic E-state index is -4.21. The van der Waals surface area contributed by atoms with Gasteiger partial charge in [0.1, 0.15) is 18.3 Å². The molecule has 0 bridgehead atoms. The van der Waals surface area contributed by atoms with E-state index in [0.29, 0.717) is 28.0 Å². The lowest BCUT2D eigenvalue weighted by Gasteiger charge is -2.35. The van der Waals surface area contributed by atoms with E-state index < -0.39 is 34.1 Å². The van der Waals surface area contributed by atoms with E-state index in [1.54, 1.807) is 61.5 Å². The third-order valence-corrected chi connectivity index (χ3v) is 9.72. The minimum Gasteiger partial charge on any atom is -0.494 e. The Balaban J connectivity index is 2.10. The molecular formula is C32H39Cl2N3O5S2. The van der Waals surface area contributed by atoms with Crippen LogP contribution in [0.1, 0.15) is 46.6 Å². The van der Waals surface area contributed by atoms with Crippen LogP contribution in [0.25, 0.3) is 0 Å². The van der Waals surface area contributed by atoms with Gasteiger partial charge in [-0.3, -0.25) is 13.9 Å². The van der Waals surface area contributed by atoms with Crippen LogP contribution < -0.4 is 14.4 Å². The average Bonchev–Trinajstić information content (AvgIpc) is 2.96. The van der Waals surface area contributed by atoms with Crippen LogP contribution in [-0.4, -0.2) is 56.1 Å². The van der Waals surface area contributed by atoms with E-state index in [-0.39, 0.29) is 29.5 Å². The summed E-state index contributed by atoms with van der Waals surface area (Å²) < 4.78 is 34.8. The SMILES string of the molecule is CCOc1ccc(N(CC(=O)N(Cc2ccc(Cl)cc2Cl)[C@@H](CC)C(=O)NC(C)(C)C)S(=O)(=O)c2ccc(SC)cc2)cc1. The molecule has 0 heterocycles. The molecule has 0 saturated carbocycles. The number of rotatable bonds is 13. The molecule has 2 amide bonds. The molecule has 12 heteroatoms. The van der Waals surface area contributed by atoms with Gasteiger partial charge in [-0.05, 0) is 107 Å². The van der Waals surface area contributed by atoms with Gasteiger partial charge in [0.15, 0.2) is 0 Å². The summed E-state index contributed by atoms with van der Waals surface area (Å²) in [4.78, 5) is 30.1. The van der Waals surface area contributed by atoms with Gasteiger partial charge < -0.3 is 15.0 Å². The predicted octanol–water partition coefficient (Wildman–Crippen LogP) is 7.03. The zero-order valence-electron chi connectivity index (χ0n) is 25.8. The Bertz CT molecular complexity index is 1540. The van der Waals surface area contributed by atoms with Gasteiger partial charge in [0.05, 0.1) is 17.2 Å². The van der Waals surface area contributed by atoms with Crippen molar-refractivity contribution in [3.05, 3.63) is 82.3 Å². The molecule has 3 rings (SSSR count). The van der Waals surface area contributed by atoms with Crippen molar-refractivity contribution in [2.75, 3.05) is 23.7 Å². The molecular weight excluding hydrogens is 641 g/mol. The van der Waals surface area contributed by atoms with E-state index in [1.807, 2.05) is 34.0 Å². The Morgan fingerprint density at radius 3 is 2.14 bits per heavy atom. The van der Waals surface area contributed by atoms with E-state index >= 15 is 0 Å². The minimum absolute atomic E-state index is 0.0294. The van der Waals surface area contributed by atoms with E-state index in [2.05, 4.69) is 5.32 Å². The highest BCUT2D eigenvalue weighted by Crippen LogP contribution is 2.29. The molecule has 3 aromatic rings. The van der Waals surface area contributed by atoms with Crippen LogP contribution in [0, 0.1) is 0 Å². The number of ether oxygens (including phenoxy) is 1. The van der Waals surface area contributed by atoms with Gasteiger partial charge in [0.2, 0.25) is 11.8 Å². The molecule has 1 N–H and O–H groups in total. The van der Waals surface area contributed by atoms with Crippen LogP contribution in [0.3, 0.4) is 0 Å². The third kappa shape index (κ3) is 9.30. The normalized spacial score (nSPS) is 12.4. The van der Waals surface area contributed by atoms with Crippen molar-refractivity contribution >= 4 is 62.5 Å². The largest absolute Gasteiger partial charge is 0.494 e. The van der Waals surface area contributed by atoms with Crippen LogP contribution in [0.4, 0.5) is 5.69 Å². The Kier molecular flexibility index (Phi) is 12.4. The molecule has 1 atom stereocenters. The van der Waals surface area contributed by atoms with E-state index in [4.69, 9.17) is 27.9 Å². The maximum atomic E-state index is 14.3. The Labute approximate surface area is 275 Å². The molecule has 0 spiro atoms. The second-order valence-electron chi connectivity index (χ2n) is 11.0. The standard InChI is InChI=1S/C32H39Cl2N3O5S2/c1-7-29(31(39)35-32(3,4)5)36(20-22-9-10-23(33)19-28(22)34)30(38)21-37(24-11-13-25(14-12-24)42-8-2)44(40,41)27-17-15-26(43-6)16-18-27/h9-19,29H,7-8,20-21H2,1-6H3,(H,35,39)/t29-/m0/s1. The second kappa shape index (κ2) is 15.4. The Hall–Kier alpha value is -2.92. The zero-order valence-corrected chi connectivity index (χ0v) is 28.9. The smallest absolute Gasteiger partial charge is 0.264 e. The first-order valence-corrected chi connectivity index (χ1v) is 17.6. The number of hydrogen-bond donors (Lipinski definition) is 1. The summed E-state index contributed by atoms with van der Waals surface area (Å²) in [7, 11) is -4.21. The van der Waals surface area contributed by atoms with Gasteiger partial charge in [-0.25, -0.2) is 8.42 Å². The number of nitrogens with zero attached hydrogens (tertiary/aromatic N) is 2. The molecule has 0 fully saturated rings. The van der Waals surface area contributed by atoms with E-state index in [0.717, 1.165) is 9.20 Å². The van der Waals surface area contributed by atoms with Crippen LogP contribution in [-0.2, 0) is 26.2 Å². The number of hydrogen-bond acceptors (Lipinski definition) is 6. The van der Waals surface area contributed by atoms with Crippen molar-refractivity contribution in [3.63, 3.8) is 0 Å². The van der Waals surface area contributed by atoms with Crippen LogP contribution in [0.5, 0.6) is 5.75 Å². The first-order chi connectivity index (χ1) is 20.7. The van der Waals surface area contributed by atoms with Crippen molar-refractivity contribution < 1.29 is 22.7 Å². The van der Waals surface area contributed by atoms with Crippen LogP contribution in [0.15, 0.2) is 76.5 Å². The van der Waals surface area contributed by atoms with Crippen molar-refractivity contribution in [3.8, 4) is 5.75 Å². The molecule has 0 saturated heterocycles. The number of halogens is 2. The second-order valence-corrected chi connectivity index (χ2v) is 14.6. The lowest BCUT2D eigenvalue weighted by atomic mass is 10.1. The summed E-state index contributed by atoms with van der Waals surface area (Å²) >= 11 is 14.1. The van der Waals surface area contributed by atoms with Gasteiger partial charge in [-0.2, -0.15) is 0 Å². The highest BCUT2D eigenvalue weighted by molar-refractivity contribution is 7.98. The topological polar surface area (TPSA) is 96.0 Å². The number of carbonyl (C=O) groups excluding carboxylic acids is 2. The van der Waals surface area contributed by atoms with Gasteiger partial charge in [-0.15, -0.1) is 11.8 Å². The molecule has 0 aliphatic heterocycles. The molecule has 0 radical (unpaired) electrons. The van der Waals surface area contributed by atoms with Crippen molar-refractivity contribution in [2.45, 2.75) is 69.0 Å². The van der Waals surface area contributed by atoms with Gasteiger partial charge in [0.25, 0.3) is 10.0 Å². The summed E-state index contributed by atoms with van der Waals surface area (Å²) in [6.07, 6.45) is 2.18. The summed E-state index contributed by atoms with van der Waals surface area (Å²) in [5.41, 5.74) is 0.277. The zero-order chi connectivity index (χ0) is 32.7. The first-order valence-electron chi connectivity index (χ1n) is 14.1. The van der Waals surface area contributed by atoms with Gasteiger partial charge in [0, 0.05) is 27.0 Å². The average molecular weight is 681 g/mol. The fourth-order valence-corrected chi connectivity index (χ4v) is 6.78. The maximum Gasteiger partial charge on any atom is 0.264 e. The molecule has 3 aromatic carbocycles. The number of sulfonamides is 1. The summed E-state index contributed by atoms with van der Waals surface area (Å²) in [5, 5.41) is 3.70. The predicted molar refractivity (Wildman–Crippen MR) is 179 cm³/mol. The van der Waals surface area contributed by atoms with Crippen LogP contribution in [0.2, 0.25) is 10.0 Å². The lowest BCUT2D eigenvalue weighted by molar-refractivity contribution is -0.141. The molecule has 0 aliphatic carbocycles. The van der Waals surface area contributed by atoms with E-state index in [1.165, 1.54) is 28.8 Å². The molecule has 0 aromatic heterocycles. The number of nitrogens with one attached hydrogen (secondary N) is 1. The molecule has 44 heavy (non-hydrogen) atoms. The number of thioether (sulfide) groups is 1. The molecule has 238 valence electrons. The highest BCUT2D eigenvalue weighted by atomic mass is 35.5. The summed E-state index contributed by atoms with van der Waals surface area (Å²) in [6.45, 7) is 9.04. The molecule has 8 nitrogen and oxygen atoms in total. The van der Waals surface area contributed by atoms with Gasteiger partial charge in [-0.1, -0.05) is 36.2 Å². The Morgan fingerprint density at radius 1 is 0.977 bits per heavy atom. The highest BCUT2D eigenvalue weighted by Gasteiger charge is 2.35. The monoisotopic (exact) mass is 679 g/mol. The quantitative estimate of drug-likeness (QED) is 0.195. The lowest BCUT2D eigenvalue weighted by Crippen LogP contribution is -2.55. The van der Waals surface area contributed by atoms with E-state index in [9.17, 15) is 18.0 Å². The summed E-state index contributed by atoms with van der Waals surface area (Å²) in [5.74, 6) is -0.375. The van der Waals surface area contributed by atoms with Crippen molar-refractivity contribution in [1.82, 2.24) is 10.2 Å². The Morgan fingerprint density at radius 2 is 1.61 bits per heavy atom. The molecule has 0 aliphatic rings. The number of amides is 2. The number of carbonyl (C=O) groups is 2. The number of anilines is 1. The number of benzene rings is 3. The fourth-order valence-electron chi connectivity index (χ4n) is 4.48. The fraction of sp³-hybridized carbons (Fsp3) is 0.375. The van der Waals surface area contributed by atoms with Crippen molar-refractivity contribution in [2.24, 2.45) is 0 Å². The molecule has 0 unspecified atom stereocenters. The van der Waals surface area contributed by atoms with Gasteiger partial charge >= 0.3 is 0 Å². The third-order valence-electron chi connectivity index (χ3n) is 6.60. The maximum absolute atomic E-state index is 14.3. The van der Waals surface area contributed by atoms with Crippen LogP contribution >= 0.6 is 35.0 Å².